The maximum atomic E-state index is 13.5. The van der Waals surface area contributed by atoms with Gasteiger partial charge in [-0.15, -0.1) is 0 Å². The van der Waals surface area contributed by atoms with Crippen LogP contribution in [-0.4, -0.2) is 61.6 Å². The normalized spacial score (nSPS) is 21.1. The summed E-state index contributed by atoms with van der Waals surface area (Å²) in [6, 6.07) is 30.0. The summed E-state index contributed by atoms with van der Waals surface area (Å²) in [5, 5.41) is 8.26. The van der Waals surface area contributed by atoms with Crippen LogP contribution in [0.15, 0.2) is 84.9 Å². The second-order valence-corrected chi connectivity index (χ2v) is 10.9. The lowest BCUT2D eigenvalue weighted by molar-refractivity contribution is -0.128. The zero-order chi connectivity index (χ0) is 25.7. The van der Waals surface area contributed by atoms with Crippen molar-refractivity contribution in [1.82, 2.24) is 15.1 Å². The molecule has 196 valence electrons. The molecule has 1 amide bonds. The number of rotatable bonds is 7. The van der Waals surface area contributed by atoms with E-state index >= 15 is 0 Å². The highest BCUT2D eigenvalue weighted by Gasteiger charge is 2.32. The highest BCUT2D eigenvalue weighted by atomic mass is 16.5. The lowest BCUT2D eigenvalue weighted by Crippen LogP contribution is -2.49. The van der Waals surface area contributed by atoms with Gasteiger partial charge in [0.25, 0.3) is 0 Å². The van der Waals surface area contributed by atoms with Gasteiger partial charge in [-0.05, 0) is 51.1 Å². The number of fused-ring (bicyclic) bond motifs is 2. The number of hydrogen-bond donors (Lipinski definition) is 1. The molecule has 0 radical (unpaired) electrons. The van der Waals surface area contributed by atoms with Crippen molar-refractivity contribution in [3.05, 3.63) is 96.1 Å². The predicted molar refractivity (Wildman–Crippen MR) is 154 cm³/mol. The van der Waals surface area contributed by atoms with Gasteiger partial charge in [0.1, 0.15) is 0 Å². The summed E-state index contributed by atoms with van der Waals surface area (Å²) in [4.78, 5) is 18.6. The van der Waals surface area contributed by atoms with Gasteiger partial charge in [-0.2, -0.15) is 0 Å². The molecule has 5 nitrogen and oxygen atoms in total. The van der Waals surface area contributed by atoms with Crippen molar-refractivity contribution < 1.29 is 9.53 Å². The van der Waals surface area contributed by atoms with E-state index in [0.717, 1.165) is 58.9 Å². The van der Waals surface area contributed by atoms with Crippen LogP contribution >= 0.6 is 0 Å². The van der Waals surface area contributed by atoms with E-state index in [1.54, 1.807) is 0 Å². The molecule has 1 N–H and O–H groups in total. The molecular formula is C33H37N3O2. The zero-order valence-corrected chi connectivity index (χ0v) is 22.0. The maximum Gasteiger partial charge on any atom is 0.224 e. The fourth-order valence-corrected chi connectivity index (χ4v) is 6.27. The van der Waals surface area contributed by atoms with Gasteiger partial charge in [-0.3, -0.25) is 14.6 Å². The van der Waals surface area contributed by atoms with Crippen molar-refractivity contribution in [1.29, 1.82) is 0 Å². The van der Waals surface area contributed by atoms with Gasteiger partial charge >= 0.3 is 0 Å². The molecule has 4 aromatic rings. The molecular weight excluding hydrogens is 470 g/mol. The van der Waals surface area contributed by atoms with Crippen LogP contribution in [0.3, 0.4) is 0 Å². The van der Waals surface area contributed by atoms with E-state index in [0.29, 0.717) is 12.5 Å². The molecule has 0 spiro atoms. The Morgan fingerprint density at radius 3 is 2.45 bits per heavy atom. The van der Waals surface area contributed by atoms with E-state index in [1.165, 1.54) is 32.7 Å². The summed E-state index contributed by atoms with van der Waals surface area (Å²) in [5.41, 5.74) is 2.48. The molecule has 0 bridgehead atoms. The third kappa shape index (κ3) is 5.91. The first kappa shape index (κ1) is 25.1. The molecule has 5 heteroatoms. The fraction of sp³-hybridized carbons (Fsp3) is 0.364. The van der Waals surface area contributed by atoms with Crippen molar-refractivity contribution in [2.24, 2.45) is 11.8 Å². The van der Waals surface area contributed by atoms with E-state index in [9.17, 15) is 4.79 Å². The second kappa shape index (κ2) is 11.6. The van der Waals surface area contributed by atoms with Crippen LogP contribution in [0.2, 0.25) is 0 Å². The average Bonchev–Trinajstić information content (AvgIpc) is 2.96. The molecule has 0 aliphatic carbocycles. The van der Waals surface area contributed by atoms with Crippen molar-refractivity contribution >= 4 is 27.5 Å². The number of amides is 1. The molecule has 0 saturated carbocycles. The number of nitrogens with one attached hydrogen (secondary N) is 1. The number of ether oxygens (including phenoxy) is 1. The summed E-state index contributed by atoms with van der Waals surface area (Å²) < 4.78 is 5.57. The van der Waals surface area contributed by atoms with Crippen LogP contribution in [0.5, 0.6) is 0 Å². The van der Waals surface area contributed by atoms with Gasteiger partial charge < -0.3 is 10.1 Å². The highest BCUT2D eigenvalue weighted by Crippen LogP contribution is 2.26. The largest absolute Gasteiger partial charge is 0.379 e. The quantitative estimate of drug-likeness (QED) is 0.379. The average molecular weight is 508 g/mol. The van der Waals surface area contributed by atoms with Crippen molar-refractivity contribution in [3.8, 4) is 0 Å². The van der Waals surface area contributed by atoms with Crippen molar-refractivity contribution in [2.75, 3.05) is 45.9 Å². The topological polar surface area (TPSA) is 44.8 Å². The molecule has 6 rings (SSSR count). The molecule has 2 fully saturated rings. The van der Waals surface area contributed by atoms with Crippen molar-refractivity contribution in [3.63, 3.8) is 0 Å². The number of piperidine rings is 1. The molecule has 0 aromatic heterocycles. The number of nitrogens with zero attached hydrogens (tertiary/aromatic N) is 2. The molecule has 2 aliphatic heterocycles. The number of likely N-dealkylation sites (tertiary alicyclic amines) is 1. The van der Waals surface area contributed by atoms with Crippen LogP contribution in [0.4, 0.5) is 0 Å². The Balaban J connectivity index is 1.16. The summed E-state index contributed by atoms with van der Waals surface area (Å²) in [5.74, 6) is 0.633. The lowest BCUT2D eigenvalue weighted by Gasteiger charge is -2.40. The smallest absolute Gasteiger partial charge is 0.224 e. The Kier molecular flexibility index (Phi) is 7.68. The maximum absolute atomic E-state index is 13.5. The monoisotopic (exact) mass is 507 g/mol. The van der Waals surface area contributed by atoms with E-state index in [-0.39, 0.29) is 11.8 Å². The third-order valence-electron chi connectivity index (χ3n) is 8.16. The molecule has 38 heavy (non-hydrogen) atoms. The Hall–Kier alpha value is -3.25. The summed E-state index contributed by atoms with van der Waals surface area (Å²) in [7, 11) is 0. The van der Waals surface area contributed by atoms with Gasteiger partial charge in [0.2, 0.25) is 5.91 Å². The Labute approximate surface area is 225 Å². The first-order valence-electron chi connectivity index (χ1n) is 14.0. The van der Waals surface area contributed by atoms with Gasteiger partial charge in [0, 0.05) is 45.8 Å². The van der Waals surface area contributed by atoms with Gasteiger partial charge in [-0.25, -0.2) is 0 Å². The Bertz CT molecular complexity index is 1390. The fourth-order valence-electron chi connectivity index (χ4n) is 6.27. The molecule has 2 saturated heterocycles. The van der Waals surface area contributed by atoms with Crippen LogP contribution in [0.25, 0.3) is 21.5 Å². The Morgan fingerprint density at radius 1 is 0.816 bits per heavy atom. The van der Waals surface area contributed by atoms with Crippen LogP contribution in [0, 0.1) is 11.8 Å². The minimum Gasteiger partial charge on any atom is -0.379 e. The van der Waals surface area contributed by atoms with E-state index in [2.05, 4.69) is 100 Å². The minimum absolute atomic E-state index is 0.00905. The standard InChI is InChI=1S/C33H37N3O2/c37-33(34-20-30-10-5-9-28-7-3-4-11-32(28)30)31-19-26(22-35-14-16-38-17-15-35)23-36(24-31)21-25-12-13-27-6-1-2-8-29(27)18-25/h1-13,18,26,31H,14-17,19-24H2,(H,34,37)/t26-,31-/m1/s1. The van der Waals surface area contributed by atoms with E-state index in [1.807, 2.05) is 0 Å². The summed E-state index contributed by atoms with van der Waals surface area (Å²) in [6.45, 7) is 7.88. The van der Waals surface area contributed by atoms with Crippen molar-refractivity contribution in [2.45, 2.75) is 19.5 Å². The molecule has 2 heterocycles. The number of carbonyl (C=O) groups is 1. The zero-order valence-electron chi connectivity index (χ0n) is 22.0. The summed E-state index contributed by atoms with van der Waals surface area (Å²) in [6.07, 6.45) is 0.937. The van der Waals surface area contributed by atoms with Gasteiger partial charge in [0.15, 0.2) is 0 Å². The van der Waals surface area contributed by atoms with Crippen LogP contribution < -0.4 is 5.32 Å². The SMILES string of the molecule is O=C(NCc1cccc2ccccc12)[C@@H]1C[C@H](CN2CCOCC2)CN(Cc2ccc3ccccc3c2)C1. The van der Waals surface area contributed by atoms with Crippen LogP contribution in [0.1, 0.15) is 17.5 Å². The Morgan fingerprint density at radius 2 is 1.58 bits per heavy atom. The highest BCUT2D eigenvalue weighted by molar-refractivity contribution is 5.86. The van der Waals surface area contributed by atoms with Gasteiger partial charge in [-0.1, -0.05) is 78.9 Å². The predicted octanol–water partition coefficient (Wildman–Crippen LogP) is 5.08. The number of morpholine rings is 1. The molecule has 2 atom stereocenters. The third-order valence-corrected chi connectivity index (χ3v) is 8.16. The molecule has 2 aliphatic rings. The van der Waals surface area contributed by atoms with Gasteiger partial charge in [0.05, 0.1) is 19.1 Å². The molecule has 0 unspecified atom stereocenters. The number of carbonyl (C=O) groups excluding carboxylic acids is 1. The second-order valence-electron chi connectivity index (χ2n) is 10.9. The number of hydrogen-bond acceptors (Lipinski definition) is 4. The van der Waals surface area contributed by atoms with E-state index < -0.39 is 0 Å². The molecule has 4 aromatic carbocycles. The minimum atomic E-state index is -0.00905. The van der Waals surface area contributed by atoms with Crippen LogP contribution in [-0.2, 0) is 22.6 Å². The number of benzene rings is 4. The first-order valence-corrected chi connectivity index (χ1v) is 14.0. The summed E-state index contributed by atoms with van der Waals surface area (Å²) >= 11 is 0. The van der Waals surface area contributed by atoms with E-state index in [4.69, 9.17) is 4.74 Å². The first-order chi connectivity index (χ1) is 18.7. The lowest BCUT2D eigenvalue weighted by atomic mass is 9.87.